The van der Waals surface area contributed by atoms with Crippen molar-refractivity contribution in [3.63, 3.8) is 0 Å². The van der Waals surface area contributed by atoms with E-state index in [1.54, 1.807) is 45.0 Å². The van der Waals surface area contributed by atoms with Crippen LogP contribution >= 0.6 is 0 Å². The van der Waals surface area contributed by atoms with E-state index in [0.29, 0.717) is 11.0 Å². The first-order valence-electron chi connectivity index (χ1n) is 7.50. The van der Waals surface area contributed by atoms with Crippen LogP contribution in [0.3, 0.4) is 0 Å². The zero-order valence-electron chi connectivity index (χ0n) is 13.8. The van der Waals surface area contributed by atoms with Gasteiger partial charge in [0.25, 0.3) is 11.5 Å². The van der Waals surface area contributed by atoms with E-state index in [0.717, 1.165) is 0 Å². The van der Waals surface area contributed by atoms with Gasteiger partial charge in [0.2, 0.25) is 0 Å². The molecule has 0 aliphatic carbocycles. The molecule has 0 bridgehead atoms. The number of rotatable bonds is 4. The van der Waals surface area contributed by atoms with Crippen LogP contribution < -0.4 is 16.2 Å². The summed E-state index contributed by atoms with van der Waals surface area (Å²) >= 11 is 0. The fraction of sp³-hybridized carbons (Fsp3) is 0.375. The van der Waals surface area contributed by atoms with Crippen molar-refractivity contribution in [3.05, 3.63) is 40.3 Å². The fourth-order valence-electron chi connectivity index (χ4n) is 1.92. The summed E-state index contributed by atoms with van der Waals surface area (Å²) in [6, 6.07) is 6.93. The number of para-hydroxylation sites is 2. The summed E-state index contributed by atoms with van der Waals surface area (Å²) in [5.41, 5.74) is -0.285. The highest BCUT2D eigenvalue weighted by molar-refractivity contribution is 5.93. The maximum absolute atomic E-state index is 12.0. The second-order valence-corrected chi connectivity index (χ2v) is 6.12. The molecule has 0 fully saturated rings. The van der Waals surface area contributed by atoms with Crippen LogP contribution in [0.2, 0.25) is 0 Å². The summed E-state index contributed by atoms with van der Waals surface area (Å²) in [7, 11) is 0. The molecular formula is C16H20N4O4. The summed E-state index contributed by atoms with van der Waals surface area (Å²) in [4.78, 5) is 42.1. The monoisotopic (exact) mass is 332 g/mol. The first-order chi connectivity index (χ1) is 11.3. The van der Waals surface area contributed by atoms with Crippen LogP contribution in [0.1, 0.15) is 31.3 Å². The molecule has 8 nitrogen and oxygen atoms in total. The van der Waals surface area contributed by atoms with Gasteiger partial charge in [-0.05, 0) is 32.9 Å². The van der Waals surface area contributed by atoms with Crippen molar-refractivity contribution < 1.29 is 14.3 Å². The Labute approximate surface area is 138 Å². The topological polar surface area (TPSA) is 113 Å². The van der Waals surface area contributed by atoms with E-state index < -0.39 is 23.2 Å². The lowest BCUT2D eigenvalue weighted by molar-refractivity contribution is 0.0526. The molecule has 8 heteroatoms. The van der Waals surface area contributed by atoms with Crippen molar-refractivity contribution in [2.75, 3.05) is 13.1 Å². The SMILES string of the molecule is CC(C)(C)OC(=O)NCCNC(=O)c1nc2ccccc2[nH]c1=O. The summed E-state index contributed by atoms with van der Waals surface area (Å²) in [5.74, 6) is -0.604. The van der Waals surface area contributed by atoms with Gasteiger partial charge in [-0.25, -0.2) is 9.78 Å². The molecule has 2 aromatic rings. The molecule has 0 saturated heterocycles. The van der Waals surface area contributed by atoms with Crippen molar-refractivity contribution in [3.8, 4) is 0 Å². The van der Waals surface area contributed by atoms with Crippen molar-refractivity contribution in [1.29, 1.82) is 0 Å². The summed E-state index contributed by atoms with van der Waals surface area (Å²) < 4.78 is 5.07. The molecule has 0 radical (unpaired) electrons. The quantitative estimate of drug-likeness (QED) is 0.728. The van der Waals surface area contributed by atoms with Gasteiger partial charge in [0.1, 0.15) is 5.60 Å². The van der Waals surface area contributed by atoms with Gasteiger partial charge in [0.15, 0.2) is 5.69 Å². The maximum Gasteiger partial charge on any atom is 0.407 e. The van der Waals surface area contributed by atoms with Crippen LogP contribution in [0.4, 0.5) is 4.79 Å². The first-order valence-corrected chi connectivity index (χ1v) is 7.50. The third-order valence-electron chi connectivity index (χ3n) is 2.89. The number of carbonyl (C=O) groups is 2. The zero-order chi connectivity index (χ0) is 17.7. The van der Waals surface area contributed by atoms with E-state index >= 15 is 0 Å². The van der Waals surface area contributed by atoms with Crippen LogP contribution in [0.5, 0.6) is 0 Å². The maximum atomic E-state index is 12.0. The highest BCUT2D eigenvalue weighted by Crippen LogP contribution is 2.06. The smallest absolute Gasteiger partial charge is 0.407 e. The van der Waals surface area contributed by atoms with Gasteiger partial charge in [-0.2, -0.15) is 0 Å². The van der Waals surface area contributed by atoms with Gasteiger partial charge in [0, 0.05) is 13.1 Å². The molecule has 1 aromatic carbocycles. The third kappa shape index (κ3) is 4.80. The lowest BCUT2D eigenvalue weighted by Crippen LogP contribution is -2.39. The molecule has 128 valence electrons. The number of amides is 2. The van der Waals surface area contributed by atoms with E-state index in [2.05, 4.69) is 20.6 Å². The predicted molar refractivity (Wildman–Crippen MR) is 88.9 cm³/mol. The number of benzene rings is 1. The highest BCUT2D eigenvalue weighted by Gasteiger charge is 2.16. The molecule has 2 rings (SSSR count). The molecule has 2 amide bonds. The number of fused-ring (bicyclic) bond motifs is 1. The molecule has 0 aliphatic rings. The number of nitrogens with one attached hydrogen (secondary N) is 3. The Hall–Kier alpha value is -2.90. The Morgan fingerprint density at radius 1 is 1.17 bits per heavy atom. The van der Waals surface area contributed by atoms with Crippen LogP contribution in [-0.4, -0.2) is 40.7 Å². The Bertz CT molecular complexity index is 808. The van der Waals surface area contributed by atoms with E-state index in [-0.39, 0.29) is 18.8 Å². The van der Waals surface area contributed by atoms with Gasteiger partial charge in [-0.3, -0.25) is 9.59 Å². The summed E-state index contributed by atoms with van der Waals surface area (Å²) in [6.07, 6.45) is -0.571. The molecule has 24 heavy (non-hydrogen) atoms. The molecular weight excluding hydrogens is 312 g/mol. The van der Waals surface area contributed by atoms with E-state index in [9.17, 15) is 14.4 Å². The lowest BCUT2D eigenvalue weighted by Gasteiger charge is -2.19. The normalized spacial score (nSPS) is 11.1. The van der Waals surface area contributed by atoms with Gasteiger partial charge < -0.3 is 20.4 Å². The van der Waals surface area contributed by atoms with Crippen molar-refractivity contribution >= 4 is 23.0 Å². The van der Waals surface area contributed by atoms with Crippen molar-refractivity contribution in [1.82, 2.24) is 20.6 Å². The molecule has 0 spiro atoms. The Morgan fingerprint density at radius 3 is 2.54 bits per heavy atom. The minimum Gasteiger partial charge on any atom is -0.444 e. The second kappa shape index (κ2) is 7.12. The van der Waals surface area contributed by atoms with Gasteiger partial charge >= 0.3 is 6.09 Å². The fourth-order valence-corrected chi connectivity index (χ4v) is 1.92. The lowest BCUT2D eigenvalue weighted by atomic mass is 10.2. The van der Waals surface area contributed by atoms with E-state index in [4.69, 9.17) is 4.74 Å². The van der Waals surface area contributed by atoms with Crippen LogP contribution in [-0.2, 0) is 4.74 Å². The highest BCUT2D eigenvalue weighted by atomic mass is 16.6. The van der Waals surface area contributed by atoms with Gasteiger partial charge in [0.05, 0.1) is 11.0 Å². The average molecular weight is 332 g/mol. The minimum absolute atomic E-state index is 0.145. The number of hydrogen-bond acceptors (Lipinski definition) is 5. The number of carbonyl (C=O) groups excluding carboxylic acids is 2. The standard InChI is InChI=1S/C16H20N4O4/c1-16(2,3)24-15(23)18-9-8-17-13(21)12-14(22)20-11-7-5-4-6-10(11)19-12/h4-7H,8-9H2,1-3H3,(H,17,21)(H,18,23)(H,20,22). The predicted octanol–water partition coefficient (Wildman–Crippen LogP) is 1.18. The number of nitrogens with zero attached hydrogens (tertiary/aromatic N) is 1. The molecule has 0 aliphatic heterocycles. The van der Waals surface area contributed by atoms with Gasteiger partial charge in [-0.15, -0.1) is 0 Å². The Kier molecular flexibility index (Phi) is 5.18. The molecule has 0 unspecified atom stereocenters. The number of H-pyrrole nitrogens is 1. The van der Waals surface area contributed by atoms with E-state index in [1.165, 1.54) is 0 Å². The largest absolute Gasteiger partial charge is 0.444 e. The number of hydrogen-bond donors (Lipinski definition) is 3. The Balaban J connectivity index is 1.90. The number of ether oxygens (including phenoxy) is 1. The van der Waals surface area contributed by atoms with Crippen LogP contribution in [0.25, 0.3) is 11.0 Å². The van der Waals surface area contributed by atoms with Gasteiger partial charge in [-0.1, -0.05) is 12.1 Å². The second-order valence-electron chi connectivity index (χ2n) is 6.12. The zero-order valence-corrected chi connectivity index (χ0v) is 13.8. The molecule has 1 heterocycles. The van der Waals surface area contributed by atoms with Crippen LogP contribution in [0.15, 0.2) is 29.1 Å². The molecule has 0 atom stereocenters. The molecule has 1 aromatic heterocycles. The van der Waals surface area contributed by atoms with Crippen molar-refractivity contribution in [2.45, 2.75) is 26.4 Å². The number of alkyl carbamates (subject to hydrolysis) is 1. The summed E-state index contributed by atoms with van der Waals surface area (Å²) in [5, 5.41) is 5.04. The molecule has 3 N–H and O–H groups in total. The Morgan fingerprint density at radius 2 is 1.83 bits per heavy atom. The minimum atomic E-state index is -0.604. The first kappa shape index (κ1) is 17.5. The number of aromatic nitrogens is 2. The summed E-state index contributed by atoms with van der Waals surface area (Å²) in [6.45, 7) is 5.59. The van der Waals surface area contributed by atoms with E-state index in [1.807, 2.05) is 0 Å². The van der Waals surface area contributed by atoms with Crippen molar-refractivity contribution in [2.24, 2.45) is 0 Å². The number of aromatic amines is 1. The average Bonchev–Trinajstić information content (AvgIpc) is 2.49. The third-order valence-corrected chi connectivity index (χ3v) is 2.89. The van der Waals surface area contributed by atoms with Crippen LogP contribution in [0, 0.1) is 0 Å². The molecule has 0 saturated carbocycles.